The molecule has 21 heavy (non-hydrogen) atoms. The molecule has 1 aliphatic rings. The first-order valence-corrected chi connectivity index (χ1v) is 8.01. The number of nitrogens with zero attached hydrogens (tertiary/aromatic N) is 1. The van der Waals surface area contributed by atoms with Gasteiger partial charge in [0.2, 0.25) is 0 Å². The van der Waals surface area contributed by atoms with E-state index in [-0.39, 0.29) is 0 Å². The molecule has 1 aromatic heterocycles. The maximum atomic E-state index is 6.29. The smallest absolute Gasteiger partial charge is 0.0621 e. The second-order valence-electron chi connectivity index (χ2n) is 5.79. The normalized spacial score (nSPS) is 21.6. The maximum absolute atomic E-state index is 6.29. The minimum absolute atomic E-state index is 0.396. The van der Waals surface area contributed by atoms with Crippen LogP contribution in [0.25, 0.3) is 0 Å². The van der Waals surface area contributed by atoms with E-state index >= 15 is 0 Å². The molecule has 3 rings (SSSR count). The number of fused-ring (bicyclic) bond motifs is 1. The van der Waals surface area contributed by atoms with E-state index in [1.807, 2.05) is 12.3 Å². The molecule has 0 saturated heterocycles. The van der Waals surface area contributed by atoms with Crippen molar-refractivity contribution in [2.24, 2.45) is 5.92 Å². The van der Waals surface area contributed by atoms with Crippen molar-refractivity contribution in [2.75, 3.05) is 7.05 Å². The fraction of sp³-hybridized carbons (Fsp3) is 0.389. The van der Waals surface area contributed by atoms with Crippen LogP contribution in [-0.4, -0.2) is 12.0 Å². The summed E-state index contributed by atoms with van der Waals surface area (Å²) in [6, 6.07) is 11.3. The fourth-order valence-electron chi connectivity index (χ4n) is 3.50. The number of halogens is 1. The van der Waals surface area contributed by atoms with Gasteiger partial charge in [0.05, 0.1) is 5.02 Å². The lowest BCUT2D eigenvalue weighted by atomic mass is 9.86. The Labute approximate surface area is 131 Å². The van der Waals surface area contributed by atoms with Gasteiger partial charge in [-0.2, -0.15) is 0 Å². The third-order valence-corrected chi connectivity index (χ3v) is 4.87. The van der Waals surface area contributed by atoms with Gasteiger partial charge in [-0.15, -0.1) is 0 Å². The van der Waals surface area contributed by atoms with Gasteiger partial charge in [0.25, 0.3) is 0 Å². The van der Waals surface area contributed by atoms with Crippen molar-refractivity contribution >= 4 is 11.6 Å². The van der Waals surface area contributed by atoms with E-state index in [9.17, 15) is 0 Å². The molecule has 2 nitrogen and oxygen atoms in total. The molecule has 0 saturated carbocycles. The van der Waals surface area contributed by atoms with Gasteiger partial charge in [-0.1, -0.05) is 35.9 Å². The van der Waals surface area contributed by atoms with E-state index in [1.54, 1.807) is 6.20 Å². The van der Waals surface area contributed by atoms with Gasteiger partial charge in [0, 0.05) is 18.4 Å². The molecule has 1 N–H and O–H groups in total. The number of nitrogens with one attached hydrogen (secondary N) is 1. The molecule has 0 bridgehead atoms. The summed E-state index contributed by atoms with van der Waals surface area (Å²) in [5.74, 6) is 0.568. The first kappa shape index (κ1) is 14.6. The molecule has 0 radical (unpaired) electrons. The zero-order chi connectivity index (χ0) is 14.7. The number of hydrogen-bond acceptors (Lipinski definition) is 2. The van der Waals surface area contributed by atoms with Crippen LogP contribution in [0.5, 0.6) is 0 Å². The fourth-order valence-corrected chi connectivity index (χ4v) is 3.70. The van der Waals surface area contributed by atoms with Gasteiger partial charge >= 0.3 is 0 Å². The SMILES string of the molecule is CNC1c2ccccc2CCCC1Cc1ccncc1Cl. The average Bonchev–Trinajstić information content (AvgIpc) is 2.68. The van der Waals surface area contributed by atoms with Crippen LogP contribution in [0.4, 0.5) is 0 Å². The number of benzene rings is 1. The Bertz CT molecular complexity index is 612. The lowest BCUT2D eigenvalue weighted by molar-refractivity contribution is 0.359. The van der Waals surface area contributed by atoms with Crippen LogP contribution in [-0.2, 0) is 12.8 Å². The van der Waals surface area contributed by atoms with Crippen LogP contribution in [0, 0.1) is 5.92 Å². The van der Waals surface area contributed by atoms with Crippen molar-refractivity contribution in [1.29, 1.82) is 0 Å². The van der Waals surface area contributed by atoms with Crippen molar-refractivity contribution in [3.63, 3.8) is 0 Å². The van der Waals surface area contributed by atoms with Gasteiger partial charge in [-0.3, -0.25) is 4.98 Å². The predicted octanol–water partition coefficient (Wildman–Crippen LogP) is 4.19. The summed E-state index contributed by atoms with van der Waals surface area (Å²) in [5, 5.41) is 4.31. The molecule has 110 valence electrons. The Balaban J connectivity index is 1.90. The zero-order valence-electron chi connectivity index (χ0n) is 12.3. The quantitative estimate of drug-likeness (QED) is 0.860. The number of hydrogen-bond donors (Lipinski definition) is 1. The first-order chi connectivity index (χ1) is 10.3. The summed E-state index contributed by atoms with van der Waals surface area (Å²) in [6.07, 6.45) is 8.22. The third kappa shape index (κ3) is 3.12. The third-order valence-electron chi connectivity index (χ3n) is 4.53. The van der Waals surface area contributed by atoms with Gasteiger partial charge in [-0.25, -0.2) is 0 Å². The first-order valence-electron chi connectivity index (χ1n) is 7.63. The molecule has 0 spiro atoms. The van der Waals surface area contributed by atoms with Gasteiger partial charge in [-0.05, 0) is 61.4 Å². The second-order valence-corrected chi connectivity index (χ2v) is 6.20. The summed E-state index contributed by atoms with van der Waals surface area (Å²) >= 11 is 6.29. The van der Waals surface area contributed by atoms with Crippen molar-refractivity contribution < 1.29 is 0 Å². The number of rotatable bonds is 3. The summed E-state index contributed by atoms with van der Waals surface area (Å²) in [5.41, 5.74) is 4.14. The van der Waals surface area contributed by atoms with E-state index in [0.29, 0.717) is 12.0 Å². The van der Waals surface area contributed by atoms with Crippen LogP contribution >= 0.6 is 11.6 Å². The van der Waals surface area contributed by atoms with E-state index in [1.165, 1.54) is 36.0 Å². The van der Waals surface area contributed by atoms with Crippen LogP contribution in [0.3, 0.4) is 0 Å². The average molecular weight is 301 g/mol. The van der Waals surface area contributed by atoms with Crippen LogP contribution in [0.1, 0.15) is 35.6 Å². The lowest BCUT2D eigenvalue weighted by Gasteiger charge is -2.26. The lowest BCUT2D eigenvalue weighted by Crippen LogP contribution is -2.26. The summed E-state index contributed by atoms with van der Waals surface area (Å²) in [4.78, 5) is 4.08. The van der Waals surface area contributed by atoms with Crippen LogP contribution in [0.15, 0.2) is 42.7 Å². The molecular formula is C18H21ClN2. The molecule has 1 aliphatic carbocycles. The highest BCUT2D eigenvalue weighted by Gasteiger charge is 2.27. The Morgan fingerprint density at radius 2 is 2.14 bits per heavy atom. The van der Waals surface area contributed by atoms with Crippen molar-refractivity contribution in [3.8, 4) is 0 Å². The predicted molar refractivity (Wildman–Crippen MR) is 87.6 cm³/mol. The highest BCUT2D eigenvalue weighted by molar-refractivity contribution is 6.31. The van der Waals surface area contributed by atoms with Crippen molar-refractivity contribution in [1.82, 2.24) is 10.3 Å². The monoisotopic (exact) mass is 300 g/mol. The molecule has 2 aromatic rings. The largest absolute Gasteiger partial charge is 0.313 e. The van der Waals surface area contributed by atoms with Crippen molar-refractivity contribution in [2.45, 2.75) is 31.7 Å². The minimum Gasteiger partial charge on any atom is -0.313 e. The molecule has 0 amide bonds. The van der Waals surface area contributed by atoms with Gasteiger partial charge in [0.1, 0.15) is 0 Å². The Hall–Kier alpha value is -1.38. The minimum atomic E-state index is 0.396. The molecular weight excluding hydrogens is 280 g/mol. The van der Waals surface area contributed by atoms with E-state index in [4.69, 9.17) is 11.6 Å². The molecule has 0 fully saturated rings. The summed E-state index contributed by atoms with van der Waals surface area (Å²) < 4.78 is 0. The molecule has 0 aliphatic heterocycles. The summed E-state index contributed by atoms with van der Waals surface area (Å²) in [7, 11) is 2.06. The molecule has 3 heteroatoms. The van der Waals surface area contributed by atoms with Crippen LogP contribution < -0.4 is 5.32 Å². The highest BCUT2D eigenvalue weighted by atomic mass is 35.5. The number of aromatic nitrogens is 1. The zero-order valence-corrected chi connectivity index (χ0v) is 13.1. The highest BCUT2D eigenvalue weighted by Crippen LogP contribution is 2.35. The number of pyridine rings is 1. The molecule has 1 heterocycles. The van der Waals surface area contributed by atoms with E-state index in [2.05, 4.69) is 41.6 Å². The van der Waals surface area contributed by atoms with E-state index in [0.717, 1.165) is 11.4 Å². The molecule has 2 atom stereocenters. The van der Waals surface area contributed by atoms with Gasteiger partial charge in [0.15, 0.2) is 0 Å². The summed E-state index contributed by atoms with van der Waals surface area (Å²) in [6.45, 7) is 0. The van der Waals surface area contributed by atoms with Crippen LogP contribution in [0.2, 0.25) is 5.02 Å². The maximum Gasteiger partial charge on any atom is 0.0621 e. The second kappa shape index (κ2) is 6.59. The Morgan fingerprint density at radius 3 is 2.95 bits per heavy atom. The van der Waals surface area contributed by atoms with Gasteiger partial charge < -0.3 is 5.32 Å². The topological polar surface area (TPSA) is 24.9 Å². The number of aryl methyl sites for hydroxylation is 1. The Kier molecular flexibility index (Phi) is 4.57. The van der Waals surface area contributed by atoms with Crippen molar-refractivity contribution in [3.05, 3.63) is 64.4 Å². The molecule has 2 unspecified atom stereocenters. The molecule has 1 aromatic carbocycles. The standard InChI is InChI=1S/C18H21ClN2/c1-20-18-15(11-14-9-10-21-12-17(14)19)7-4-6-13-5-2-3-8-16(13)18/h2-3,5,8-10,12,15,18,20H,4,6-7,11H2,1H3. The Morgan fingerprint density at radius 1 is 1.29 bits per heavy atom. The van der Waals surface area contributed by atoms with E-state index < -0.39 is 0 Å².